The number of aromatic hydroxyl groups is 1. The van der Waals surface area contributed by atoms with Crippen LogP contribution in [0.25, 0.3) is 0 Å². The molecule has 0 radical (unpaired) electrons. The third-order valence-electron chi connectivity index (χ3n) is 49.9. The van der Waals surface area contributed by atoms with Gasteiger partial charge in [0.05, 0.1) is 54.6 Å². The van der Waals surface area contributed by atoms with E-state index >= 15 is 0 Å². The number of rotatable bonds is 27. The Labute approximate surface area is 872 Å². The first kappa shape index (κ1) is 85.4. The molecule has 20 nitrogen and oxygen atoms in total. The Kier molecular flexibility index (Phi) is 19.0. The fourth-order valence-corrected chi connectivity index (χ4v) is 39.0. The summed E-state index contributed by atoms with van der Waals surface area (Å²) in [6, 6.07) is 12.5. The highest BCUT2D eigenvalue weighted by Crippen LogP contribution is 2.85. The highest BCUT2D eigenvalue weighted by Gasteiger charge is 2.89. The van der Waals surface area contributed by atoms with Gasteiger partial charge in [-0.2, -0.15) is 0 Å². The molecule has 4 aromatic carbocycles. The minimum atomic E-state index is -2.62. The monoisotopic (exact) mass is 1980 g/mol. The van der Waals surface area contributed by atoms with Gasteiger partial charge in [0.25, 0.3) is 0 Å². The van der Waals surface area contributed by atoms with Crippen LogP contribution in [-0.4, -0.2) is 240 Å². The van der Waals surface area contributed by atoms with Crippen molar-refractivity contribution in [3.05, 3.63) is 93.0 Å². The number of hydrogen-bond donors (Lipinski definition) is 5. The predicted molar refractivity (Wildman–Crippen MR) is 554 cm³/mol. The van der Waals surface area contributed by atoms with Crippen LogP contribution in [-0.2, 0) is 66.3 Å². The van der Waals surface area contributed by atoms with Gasteiger partial charge in [-0.05, 0) is 351 Å². The number of aliphatic hydroxyl groups is 4. The molecule has 16 saturated carbocycles. The van der Waals surface area contributed by atoms with E-state index in [4.69, 9.17) is 63.1 Å². The van der Waals surface area contributed by atoms with E-state index in [0.717, 1.165) is 232 Å². The SMILES string of the molecule is [2H]C([2H])(C1CC1)N1CC[C@]23c4c5ccc(OC)c4O[C@H]2[C@@]2(OC)CC[C@@]3(C[C@@H]2[C@](C)(O)C(C)(C)CC)[C@H]1C5.[2H]C([2H])([2H])Oc1ccc2c3c1O[C@H]1[C@@]4(OC)CC[C@@]5(C[C@@H]4[C@](C)(O)C(C)(C)CC)[C@@H](C2)N(C([2H])([2H])C2CC2)CC[C@]315.[2H]C([2H])([2H])Oc1ccc2c3c1O[C@H]1[C@@]4(OC)CC[C@@]5(C[C@@H]4[C@](C)(O)C(C)(C)CC)[C@@H](C2)N(CC2CC2)CC[C@]315.[2H]c1c([2H])c2c3c(c1O)O[C@H]1[C@@]4(OC)CC[C@@]5(C[C@@H]4[C@](C)(O)C(C)(C)CC)[C@@H](C2)N(CC2CC2)CC[C@]315. The van der Waals surface area contributed by atoms with Gasteiger partial charge in [-0.15, -0.1) is 0 Å². The third-order valence-corrected chi connectivity index (χ3v) is 49.9. The normalized spacial score (nSPS) is 43.9. The van der Waals surface area contributed by atoms with E-state index in [-0.39, 0.29) is 150 Å². The van der Waals surface area contributed by atoms with Crippen molar-refractivity contribution in [2.24, 2.45) is 90.7 Å². The largest absolute Gasteiger partial charge is 0.504 e. The van der Waals surface area contributed by atoms with E-state index in [9.17, 15) is 31.0 Å². The molecule has 8 aliphatic heterocycles. The fourth-order valence-electron chi connectivity index (χ4n) is 39.0. The highest BCUT2D eigenvalue weighted by molar-refractivity contribution is 5.69. The molecule has 20 aliphatic carbocycles. The van der Waals surface area contributed by atoms with Gasteiger partial charge < -0.3 is 77.6 Å². The second-order valence-electron chi connectivity index (χ2n) is 54.6. The average Bonchev–Trinajstić information content (AvgIpc) is 1.54. The average molecular weight is 1980 g/mol. The molecule has 786 valence electrons. The Morgan fingerprint density at radius 2 is 0.615 bits per heavy atom. The van der Waals surface area contributed by atoms with Crippen LogP contribution in [0.3, 0.4) is 0 Å². The number of phenols is 1. The maximum Gasteiger partial charge on any atom is 0.165 e. The number of hydrogen-bond acceptors (Lipinski definition) is 20. The molecule has 20 fully saturated rings. The molecule has 32 rings (SSSR count). The van der Waals surface area contributed by atoms with Gasteiger partial charge in [0.1, 0.15) is 46.8 Å². The lowest BCUT2D eigenvalue weighted by Crippen LogP contribution is -2.83. The summed E-state index contributed by atoms with van der Waals surface area (Å²) in [5.41, 5.74) is -1.14. The molecule has 5 N–H and O–H groups in total. The van der Waals surface area contributed by atoms with Crippen LogP contribution >= 0.6 is 0 Å². The molecule has 20 heteroatoms. The minimum absolute atomic E-state index is 0.0519. The maximum atomic E-state index is 12.5. The van der Waals surface area contributed by atoms with E-state index in [2.05, 4.69) is 115 Å². The van der Waals surface area contributed by atoms with Gasteiger partial charge in [0.15, 0.2) is 46.0 Å². The Bertz CT molecular complexity index is 6320. The molecule has 4 saturated heterocycles. The smallest absolute Gasteiger partial charge is 0.165 e. The second-order valence-corrected chi connectivity index (χ2v) is 54.6. The fraction of sp³-hybridized carbons (Fsp3) is 0.805. The summed E-state index contributed by atoms with van der Waals surface area (Å²) in [4.78, 5) is 9.94. The van der Waals surface area contributed by atoms with Crippen molar-refractivity contribution in [3.63, 3.8) is 0 Å². The lowest BCUT2D eigenvalue weighted by atomic mass is 9.33. The zero-order chi connectivity index (χ0) is 111. The van der Waals surface area contributed by atoms with Crippen molar-refractivity contribution in [2.45, 2.75) is 431 Å². The molecule has 4 aromatic rings. The van der Waals surface area contributed by atoms with Crippen LogP contribution < -0.4 is 33.2 Å². The van der Waals surface area contributed by atoms with Gasteiger partial charge in [-0.25, -0.2) is 0 Å². The zero-order valence-corrected chi connectivity index (χ0v) is 90.1. The molecule has 8 spiro atoms. The number of fused-ring (bicyclic) bond motifs is 8. The van der Waals surface area contributed by atoms with E-state index in [1.54, 1.807) is 34.5 Å². The Morgan fingerprint density at radius 3 is 0.888 bits per heavy atom. The summed E-state index contributed by atoms with van der Waals surface area (Å²) in [7, 11) is 3.68. The van der Waals surface area contributed by atoms with E-state index in [0.29, 0.717) is 61.3 Å². The van der Waals surface area contributed by atoms with Gasteiger partial charge in [-0.3, -0.25) is 19.6 Å². The Morgan fingerprint density at radius 1 is 0.350 bits per heavy atom. The first-order chi connectivity index (χ1) is 72.6. The number of methoxy groups -OCH3 is 7. The minimum Gasteiger partial charge on any atom is -0.504 e. The number of likely N-dealkylation sites (tertiary alicyclic amines) is 4. The molecular formula is C123H178N4O16. The summed E-state index contributed by atoms with van der Waals surface area (Å²) in [5.74, 6) is 4.71. The van der Waals surface area contributed by atoms with Crippen molar-refractivity contribution in [3.8, 4) is 46.0 Å². The molecule has 8 heterocycles. The lowest BCUT2D eigenvalue weighted by molar-refractivity contribution is -0.313. The first-order valence-corrected chi connectivity index (χ1v) is 56.6. The lowest BCUT2D eigenvalue weighted by Gasteiger charge is -2.75. The van der Waals surface area contributed by atoms with Gasteiger partial charge in [0, 0.05) is 173 Å². The molecule has 28 atom stereocenters. The Balaban J connectivity index is 0.000000106. The van der Waals surface area contributed by atoms with Crippen molar-refractivity contribution in [1.29, 1.82) is 0 Å². The molecule has 0 amide bonds. The van der Waals surface area contributed by atoms with E-state index < -0.39 is 88.8 Å². The van der Waals surface area contributed by atoms with Crippen LogP contribution in [0.15, 0.2) is 48.5 Å². The van der Waals surface area contributed by atoms with Gasteiger partial charge in [-0.1, -0.05) is 107 Å². The summed E-state index contributed by atoms with van der Waals surface area (Å²) < 4.78 is 173. The van der Waals surface area contributed by atoms with Crippen molar-refractivity contribution in [2.75, 3.05) is 102 Å². The molecule has 16 bridgehead atoms. The molecule has 28 aliphatic rings. The Hall–Kier alpha value is -5.20. The standard InChI is InChI=1S/3C31H45NO4.C30H43NO4/c3*1-7-27(2,3)28(4,33)22-17-29-12-13-31(22,35-6)26-30(29)14-15-32(18-19-8-9-19)23(29)16-20-10-11-21(34-5)25(36-26)24(20)30;1-6-26(2,3)27(4,33)21-16-28-11-12-30(21,34-5)25-29(28)13-14-31(17-18-7-8-18)22(28)15-19-9-10-20(32)24(35-25)23(19)29/h3*10-11,19,22-23,26,33H,7-9,12-18H2,1-6H3;9-10,18,21-22,25,32-33H,6-8,11-17H2,1-5H3/t3*22-,23-,26-,28+,29-,30+,31-;21-,22-,25-,27+,28-,29+,30-/m1111/s1/i5D3,18D2;18D2;5D3;9D,10D. The molecule has 0 aromatic heterocycles. The summed E-state index contributed by atoms with van der Waals surface area (Å²) in [5, 5.41) is 61.1. The predicted octanol–water partition coefficient (Wildman–Crippen LogP) is 20.1. The maximum absolute atomic E-state index is 12.5. The number of nitrogens with zero attached hydrogens (tertiary/aromatic N) is 4. The molecular weight excluding hydrogens is 1790 g/mol. The van der Waals surface area contributed by atoms with E-state index in [1.165, 1.54) is 47.9 Å². The van der Waals surface area contributed by atoms with Crippen LogP contribution in [0, 0.1) is 90.7 Å². The van der Waals surface area contributed by atoms with Gasteiger partial charge >= 0.3 is 0 Å². The third kappa shape index (κ3) is 11.9. The number of phenolic OH excluding ortho intramolecular Hbond substituents is 1. The number of benzene rings is 4. The molecule has 143 heavy (non-hydrogen) atoms. The summed E-state index contributed by atoms with van der Waals surface area (Å²) in [6.07, 6.45) is 28.1. The van der Waals surface area contributed by atoms with Crippen LogP contribution in [0.4, 0.5) is 0 Å². The zero-order valence-electron chi connectivity index (χ0n) is 102. The van der Waals surface area contributed by atoms with Crippen molar-refractivity contribution < 1.29 is 94.1 Å². The molecule has 0 unspecified atom stereocenters. The van der Waals surface area contributed by atoms with Crippen LogP contribution in [0.2, 0.25) is 0 Å². The van der Waals surface area contributed by atoms with E-state index in [1.807, 2.05) is 53.0 Å². The summed E-state index contributed by atoms with van der Waals surface area (Å²) >= 11 is 0. The number of ether oxygens (including phenoxy) is 11. The van der Waals surface area contributed by atoms with Gasteiger partial charge in [0.2, 0.25) is 0 Å². The second kappa shape index (κ2) is 31.8. The number of piperidine rings is 4. The van der Waals surface area contributed by atoms with Crippen molar-refractivity contribution in [1.82, 2.24) is 19.6 Å². The quantitative estimate of drug-likeness (QED) is 0.0375. The summed E-state index contributed by atoms with van der Waals surface area (Å²) in [6.45, 7) is 36.8. The van der Waals surface area contributed by atoms with Crippen molar-refractivity contribution >= 4 is 0 Å². The van der Waals surface area contributed by atoms with Crippen LogP contribution in [0.5, 0.6) is 46.0 Å². The first-order valence-electron chi connectivity index (χ1n) is 62.6. The highest BCUT2D eigenvalue weighted by atomic mass is 16.6. The topological polar surface area (TPSA) is 216 Å². The van der Waals surface area contributed by atoms with Crippen LogP contribution in [0.1, 0.15) is 352 Å².